The molecule has 0 bridgehead atoms. The highest BCUT2D eigenvalue weighted by Gasteiger charge is 2.41. The second-order valence-electron chi connectivity index (χ2n) is 8.19. The molecule has 1 aliphatic heterocycles. The number of imidazole rings is 1. The van der Waals surface area contributed by atoms with Crippen LogP contribution in [0.1, 0.15) is 25.2 Å². The highest BCUT2D eigenvalue weighted by molar-refractivity contribution is 5.80. The molecule has 2 aromatic carbocycles. The maximum absolute atomic E-state index is 14.0. The molecule has 6 nitrogen and oxygen atoms in total. The van der Waals surface area contributed by atoms with Crippen LogP contribution in [0.4, 0.5) is 20.3 Å². The average molecular weight is 425 g/mol. The third-order valence-corrected chi connectivity index (χ3v) is 5.73. The van der Waals surface area contributed by atoms with Gasteiger partial charge in [0.2, 0.25) is 5.91 Å². The van der Waals surface area contributed by atoms with E-state index < -0.39 is 5.54 Å². The summed E-state index contributed by atoms with van der Waals surface area (Å²) in [6.07, 6.45) is 0. The monoisotopic (exact) mass is 425 g/mol. The van der Waals surface area contributed by atoms with E-state index >= 15 is 0 Å². The Balaban J connectivity index is 1.88. The lowest BCUT2D eigenvalue weighted by molar-refractivity contribution is -0.137. The van der Waals surface area contributed by atoms with Crippen LogP contribution < -0.4 is 11.1 Å². The molecule has 4 rings (SSSR count). The minimum atomic E-state index is -0.713. The van der Waals surface area contributed by atoms with Gasteiger partial charge in [0.25, 0.3) is 0 Å². The van der Waals surface area contributed by atoms with Crippen LogP contribution in [0.25, 0.3) is 11.3 Å². The van der Waals surface area contributed by atoms with Gasteiger partial charge in [-0.15, -0.1) is 0 Å². The molecule has 0 unspecified atom stereocenters. The third kappa shape index (κ3) is 3.67. The number of carbonyl (C=O) groups is 1. The van der Waals surface area contributed by atoms with Gasteiger partial charge in [-0.2, -0.15) is 0 Å². The Kier molecular flexibility index (Phi) is 5.26. The van der Waals surface area contributed by atoms with Gasteiger partial charge in [0.1, 0.15) is 29.0 Å². The smallest absolute Gasteiger partial charge is 0.237 e. The molecular weight excluding hydrogens is 400 g/mol. The number of aryl methyl sites for hydroxylation is 1. The molecule has 1 aliphatic rings. The number of carbonyl (C=O) groups excluding carboxylic acids is 1. The Morgan fingerprint density at radius 2 is 1.97 bits per heavy atom. The lowest BCUT2D eigenvalue weighted by Crippen LogP contribution is -2.53. The van der Waals surface area contributed by atoms with Crippen LogP contribution in [0.15, 0.2) is 42.5 Å². The predicted octanol–water partition coefficient (Wildman–Crippen LogP) is 3.92. The number of halogens is 2. The number of nitrogens with two attached hydrogens (primary N) is 1. The van der Waals surface area contributed by atoms with E-state index in [-0.39, 0.29) is 24.1 Å². The number of rotatable bonds is 4. The van der Waals surface area contributed by atoms with E-state index in [4.69, 9.17) is 10.7 Å². The summed E-state index contributed by atoms with van der Waals surface area (Å²) in [5, 5.41) is 3.35. The third-order valence-electron chi connectivity index (χ3n) is 5.73. The van der Waals surface area contributed by atoms with Crippen molar-refractivity contribution < 1.29 is 13.6 Å². The SMILES string of the molecule is Cc1cc(Nc2c(-c3cccc(F)c3)nc3n2CCN(C(=O)CN)C3(C)C)ccc1F. The second kappa shape index (κ2) is 7.77. The molecule has 8 heteroatoms. The zero-order chi connectivity index (χ0) is 22.3. The minimum absolute atomic E-state index is 0.0825. The molecule has 31 heavy (non-hydrogen) atoms. The highest BCUT2D eigenvalue weighted by atomic mass is 19.1. The molecule has 1 amide bonds. The molecule has 0 atom stereocenters. The van der Waals surface area contributed by atoms with E-state index in [1.165, 1.54) is 18.2 Å². The van der Waals surface area contributed by atoms with Crippen molar-refractivity contribution in [1.29, 1.82) is 0 Å². The average Bonchev–Trinajstić information content (AvgIpc) is 3.10. The molecule has 162 valence electrons. The summed E-state index contributed by atoms with van der Waals surface area (Å²) in [5.41, 5.74) is 7.27. The van der Waals surface area contributed by atoms with E-state index in [9.17, 15) is 13.6 Å². The Morgan fingerprint density at radius 3 is 2.65 bits per heavy atom. The summed E-state index contributed by atoms with van der Waals surface area (Å²) in [6.45, 7) is 6.40. The maximum atomic E-state index is 14.0. The summed E-state index contributed by atoms with van der Waals surface area (Å²) >= 11 is 0. The van der Waals surface area contributed by atoms with Crippen molar-refractivity contribution in [3.05, 3.63) is 65.5 Å². The van der Waals surface area contributed by atoms with Crippen molar-refractivity contribution in [3.63, 3.8) is 0 Å². The quantitative estimate of drug-likeness (QED) is 0.664. The van der Waals surface area contributed by atoms with Gasteiger partial charge >= 0.3 is 0 Å². The van der Waals surface area contributed by atoms with E-state index in [1.54, 1.807) is 36.1 Å². The molecule has 3 N–H and O–H groups in total. The van der Waals surface area contributed by atoms with Gasteiger partial charge in [0.15, 0.2) is 0 Å². The maximum Gasteiger partial charge on any atom is 0.237 e. The van der Waals surface area contributed by atoms with Crippen LogP contribution in [0.3, 0.4) is 0 Å². The molecule has 1 aromatic heterocycles. The Morgan fingerprint density at radius 1 is 1.19 bits per heavy atom. The lowest BCUT2D eigenvalue weighted by atomic mass is 9.99. The Hall–Kier alpha value is -3.26. The fraction of sp³-hybridized carbons (Fsp3) is 0.304. The number of aromatic nitrogens is 2. The van der Waals surface area contributed by atoms with Crippen molar-refractivity contribution in [2.45, 2.75) is 32.9 Å². The number of nitrogens with zero attached hydrogens (tertiary/aromatic N) is 3. The second-order valence-corrected chi connectivity index (χ2v) is 8.19. The van der Waals surface area contributed by atoms with Gasteiger partial charge in [-0.05, 0) is 56.7 Å². The molecular formula is C23H25F2N5O. The van der Waals surface area contributed by atoms with Gasteiger partial charge < -0.3 is 20.5 Å². The lowest BCUT2D eigenvalue weighted by Gasteiger charge is -2.42. The summed E-state index contributed by atoms with van der Waals surface area (Å²) in [7, 11) is 0. The number of anilines is 2. The molecule has 3 aromatic rings. The minimum Gasteiger partial charge on any atom is -0.340 e. The van der Waals surface area contributed by atoms with Crippen LogP contribution in [0.2, 0.25) is 0 Å². The number of amides is 1. The van der Waals surface area contributed by atoms with Crippen molar-refractivity contribution in [1.82, 2.24) is 14.5 Å². The van der Waals surface area contributed by atoms with Crippen LogP contribution >= 0.6 is 0 Å². The summed E-state index contributed by atoms with van der Waals surface area (Å²) < 4.78 is 29.8. The number of fused-ring (bicyclic) bond motifs is 1. The first-order chi connectivity index (χ1) is 14.7. The first-order valence-electron chi connectivity index (χ1n) is 10.1. The van der Waals surface area contributed by atoms with E-state index in [1.807, 2.05) is 18.4 Å². The van der Waals surface area contributed by atoms with Crippen molar-refractivity contribution in [3.8, 4) is 11.3 Å². The fourth-order valence-corrected chi connectivity index (χ4v) is 4.11. The van der Waals surface area contributed by atoms with Crippen LogP contribution in [-0.4, -0.2) is 33.4 Å². The topological polar surface area (TPSA) is 76.2 Å². The number of benzene rings is 2. The van der Waals surface area contributed by atoms with Crippen LogP contribution in [0.5, 0.6) is 0 Å². The molecule has 2 heterocycles. The van der Waals surface area contributed by atoms with Gasteiger partial charge in [-0.1, -0.05) is 12.1 Å². The molecule has 0 fully saturated rings. The predicted molar refractivity (Wildman–Crippen MR) is 116 cm³/mol. The molecule has 0 radical (unpaired) electrons. The van der Waals surface area contributed by atoms with Gasteiger partial charge in [0, 0.05) is 24.3 Å². The standard InChI is InChI=1S/C23H25F2N5O/c1-14-11-17(7-8-18(14)25)27-21-20(15-5-4-6-16(24)12-15)28-22-23(2,3)30(19(31)13-26)10-9-29(21)22/h4-8,11-12,27H,9-10,13,26H2,1-3H3. The van der Waals surface area contributed by atoms with Crippen molar-refractivity contribution in [2.75, 3.05) is 18.4 Å². The highest BCUT2D eigenvalue weighted by Crippen LogP contribution is 2.39. The van der Waals surface area contributed by atoms with Crippen molar-refractivity contribution in [2.24, 2.45) is 5.73 Å². The Labute approximate surface area is 179 Å². The largest absolute Gasteiger partial charge is 0.340 e. The zero-order valence-corrected chi connectivity index (χ0v) is 17.7. The van der Waals surface area contributed by atoms with E-state index in [2.05, 4.69) is 5.32 Å². The fourth-order valence-electron chi connectivity index (χ4n) is 4.11. The molecule has 0 saturated heterocycles. The molecule has 0 spiro atoms. The van der Waals surface area contributed by atoms with Gasteiger partial charge in [0.05, 0.1) is 12.1 Å². The summed E-state index contributed by atoms with van der Waals surface area (Å²) in [6, 6.07) is 11.0. The first-order valence-corrected chi connectivity index (χ1v) is 10.1. The normalized spacial score (nSPS) is 15.0. The number of nitrogens with one attached hydrogen (secondary N) is 1. The van der Waals surface area contributed by atoms with E-state index in [0.717, 1.165) is 0 Å². The van der Waals surface area contributed by atoms with Gasteiger partial charge in [-0.3, -0.25) is 4.79 Å². The van der Waals surface area contributed by atoms with Crippen LogP contribution in [-0.2, 0) is 16.9 Å². The summed E-state index contributed by atoms with van der Waals surface area (Å²) in [5.74, 6) is 0.519. The molecule has 0 aliphatic carbocycles. The van der Waals surface area contributed by atoms with E-state index in [0.29, 0.717) is 47.2 Å². The zero-order valence-electron chi connectivity index (χ0n) is 17.7. The number of hydrogen-bond donors (Lipinski definition) is 2. The molecule has 0 saturated carbocycles. The Bertz CT molecular complexity index is 1150. The van der Waals surface area contributed by atoms with Gasteiger partial charge in [-0.25, -0.2) is 13.8 Å². The first kappa shape index (κ1) is 21.0. The van der Waals surface area contributed by atoms with Crippen molar-refractivity contribution >= 4 is 17.4 Å². The van der Waals surface area contributed by atoms with Crippen LogP contribution in [0, 0.1) is 18.6 Å². The number of hydrogen-bond acceptors (Lipinski definition) is 4. The summed E-state index contributed by atoms with van der Waals surface area (Å²) in [4.78, 5) is 19.0.